The summed E-state index contributed by atoms with van der Waals surface area (Å²) in [5.41, 5.74) is 2.70. The normalized spacial score (nSPS) is 15.6. The summed E-state index contributed by atoms with van der Waals surface area (Å²) in [6.45, 7) is 3.96. The molecule has 0 aromatic heterocycles. The van der Waals surface area contributed by atoms with Crippen molar-refractivity contribution in [2.24, 2.45) is 0 Å². The average molecular weight is 632 g/mol. The van der Waals surface area contributed by atoms with Gasteiger partial charge in [0.2, 0.25) is 5.91 Å². The first-order chi connectivity index (χ1) is 21.7. The maximum atomic E-state index is 14.0. The molecule has 1 amide bonds. The summed E-state index contributed by atoms with van der Waals surface area (Å²) in [7, 11) is 3.06. The van der Waals surface area contributed by atoms with Crippen LogP contribution in [0.2, 0.25) is 0 Å². The Labute approximate surface area is 263 Å². The number of hydrogen-bond donors (Lipinski definition) is 3. The molecule has 0 saturated heterocycles. The number of fused-ring (bicyclic) bond motifs is 1. The summed E-state index contributed by atoms with van der Waals surface area (Å²) in [5.74, 6) is -0.328. The Hall–Kier alpha value is -3.75. The molecule has 3 unspecified atom stereocenters. The third-order valence-electron chi connectivity index (χ3n) is 7.59. The average Bonchev–Trinajstić information content (AvgIpc) is 3.04. The largest absolute Gasteiger partial charge is 0.493 e. The monoisotopic (exact) mass is 631 g/mol. The van der Waals surface area contributed by atoms with Gasteiger partial charge in [-0.25, -0.2) is 4.79 Å². The van der Waals surface area contributed by atoms with Gasteiger partial charge in [-0.3, -0.25) is 30.2 Å². The first-order valence-corrected chi connectivity index (χ1v) is 15.2. The number of ether oxygens (including phenoxy) is 4. The molecule has 45 heavy (non-hydrogen) atoms. The van der Waals surface area contributed by atoms with Crippen LogP contribution in [0.4, 0.5) is 0 Å². The van der Waals surface area contributed by atoms with Crippen molar-refractivity contribution >= 4 is 17.8 Å². The van der Waals surface area contributed by atoms with Crippen LogP contribution in [-0.4, -0.2) is 90.7 Å². The van der Waals surface area contributed by atoms with Gasteiger partial charge in [-0.1, -0.05) is 30.3 Å². The molecular weight excluding hydrogens is 586 g/mol. The van der Waals surface area contributed by atoms with Gasteiger partial charge in [0.1, 0.15) is 12.1 Å². The fraction of sp³-hybridized carbons (Fsp3) is 0.531. The molecule has 3 atom stereocenters. The molecule has 2 aromatic rings. The number of benzene rings is 2. The molecule has 3 rings (SSSR count). The molecule has 0 aliphatic carbocycles. The third kappa shape index (κ3) is 10.7. The SMILES string of the molecule is CCOC(=O)C(CCc1ccccc1)NC(C)C(=O)N1Cc2cc(OC)c(OC)cc2CC1C(=O)OCCCCCON(O)O. The predicted molar refractivity (Wildman–Crippen MR) is 162 cm³/mol. The molecule has 2 aromatic carbocycles. The number of hydrogen-bond acceptors (Lipinski definition) is 12. The van der Waals surface area contributed by atoms with E-state index in [0.717, 1.165) is 16.7 Å². The highest BCUT2D eigenvalue weighted by Gasteiger charge is 2.39. The van der Waals surface area contributed by atoms with Crippen LogP contribution in [0.3, 0.4) is 0 Å². The van der Waals surface area contributed by atoms with E-state index in [1.807, 2.05) is 36.4 Å². The van der Waals surface area contributed by atoms with Crippen LogP contribution in [0.25, 0.3) is 0 Å². The Morgan fingerprint density at radius 3 is 2.29 bits per heavy atom. The lowest BCUT2D eigenvalue weighted by molar-refractivity contribution is -0.492. The first-order valence-electron chi connectivity index (χ1n) is 15.2. The molecule has 0 bridgehead atoms. The summed E-state index contributed by atoms with van der Waals surface area (Å²) in [6, 6.07) is 10.9. The van der Waals surface area contributed by atoms with E-state index in [4.69, 9.17) is 29.4 Å². The molecule has 13 heteroatoms. The van der Waals surface area contributed by atoms with Crippen molar-refractivity contribution in [2.45, 2.75) is 77.0 Å². The molecule has 3 N–H and O–H groups in total. The van der Waals surface area contributed by atoms with E-state index in [1.54, 1.807) is 19.9 Å². The topological polar surface area (TPSA) is 156 Å². The number of nitrogens with zero attached hydrogens (tertiary/aromatic N) is 2. The zero-order valence-electron chi connectivity index (χ0n) is 26.4. The molecule has 13 nitrogen and oxygen atoms in total. The van der Waals surface area contributed by atoms with Crippen LogP contribution in [-0.2, 0) is 48.1 Å². The lowest BCUT2D eigenvalue weighted by atomic mass is 9.92. The lowest BCUT2D eigenvalue weighted by Gasteiger charge is -2.37. The predicted octanol–water partition coefficient (Wildman–Crippen LogP) is 3.23. The van der Waals surface area contributed by atoms with Gasteiger partial charge in [0.25, 0.3) is 0 Å². The Bertz CT molecular complexity index is 1240. The van der Waals surface area contributed by atoms with Crippen molar-refractivity contribution in [2.75, 3.05) is 34.0 Å². The van der Waals surface area contributed by atoms with Gasteiger partial charge < -0.3 is 23.8 Å². The fourth-order valence-electron chi connectivity index (χ4n) is 5.24. The van der Waals surface area contributed by atoms with Crippen molar-refractivity contribution in [3.05, 3.63) is 59.2 Å². The number of methoxy groups -OCH3 is 2. The summed E-state index contributed by atoms with van der Waals surface area (Å²) in [6.07, 6.45) is 2.90. The Morgan fingerprint density at radius 1 is 0.978 bits per heavy atom. The number of aryl methyl sites for hydroxylation is 1. The van der Waals surface area contributed by atoms with E-state index in [1.165, 1.54) is 19.1 Å². The highest BCUT2D eigenvalue weighted by Crippen LogP contribution is 2.35. The minimum absolute atomic E-state index is 0.0942. The lowest BCUT2D eigenvalue weighted by Crippen LogP contribution is -2.56. The first kappa shape index (κ1) is 35.7. The van der Waals surface area contributed by atoms with E-state index >= 15 is 0 Å². The number of rotatable bonds is 18. The second-order valence-electron chi connectivity index (χ2n) is 10.7. The number of carbonyl (C=O) groups is 3. The van der Waals surface area contributed by atoms with Gasteiger partial charge >= 0.3 is 11.9 Å². The van der Waals surface area contributed by atoms with Gasteiger partial charge in [0.05, 0.1) is 45.5 Å². The van der Waals surface area contributed by atoms with Crippen LogP contribution in [0.15, 0.2) is 42.5 Å². The Morgan fingerprint density at radius 2 is 1.64 bits per heavy atom. The second-order valence-corrected chi connectivity index (χ2v) is 10.7. The Balaban J connectivity index is 1.76. The van der Waals surface area contributed by atoms with Crippen LogP contribution < -0.4 is 14.8 Å². The van der Waals surface area contributed by atoms with Crippen LogP contribution in [0, 0.1) is 0 Å². The van der Waals surface area contributed by atoms with Crippen LogP contribution in [0.1, 0.15) is 56.2 Å². The van der Waals surface area contributed by atoms with E-state index in [-0.39, 0.29) is 44.1 Å². The van der Waals surface area contributed by atoms with Crippen molar-refractivity contribution in [3.63, 3.8) is 0 Å². The molecule has 0 spiro atoms. The van der Waals surface area contributed by atoms with Gasteiger partial charge in [-0.15, -0.1) is 0 Å². The molecule has 248 valence electrons. The zero-order chi connectivity index (χ0) is 32.8. The summed E-state index contributed by atoms with van der Waals surface area (Å²) in [5, 5.41) is 20.0. The standard InChI is InChI=1S/C32H45N3O10/c1-5-43-31(37)26(15-14-23-12-8-6-9-13-23)33-22(2)30(36)34-21-25-20-29(42-4)28(41-3)19-24(25)18-27(34)32(38)44-16-10-7-11-17-45-35(39)40/h6,8-9,12-13,19-20,22,26-27,33,39-40H,5,7,10-11,14-18,21H2,1-4H3. The maximum absolute atomic E-state index is 14.0. The van der Waals surface area contributed by atoms with Crippen molar-refractivity contribution < 1.29 is 48.6 Å². The molecule has 0 saturated carbocycles. The molecule has 0 radical (unpaired) electrons. The van der Waals surface area contributed by atoms with E-state index in [0.29, 0.717) is 43.6 Å². The highest BCUT2D eigenvalue weighted by atomic mass is 17.1. The number of esters is 2. The maximum Gasteiger partial charge on any atom is 0.329 e. The van der Waals surface area contributed by atoms with Gasteiger partial charge in [0.15, 0.2) is 11.5 Å². The summed E-state index contributed by atoms with van der Waals surface area (Å²) >= 11 is 0. The van der Waals surface area contributed by atoms with Crippen LogP contribution in [0.5, 0.6) is 11.5 Å². The zero-order valence-corrected chi connectivity index (χ0v) is 26.4. The van der Waals surface area contributed by atoms with Crippen molar-refractivity contribution in [3.8, 4) is 11.5 Å². The molecular formula is C32H45N3O10. The third-order valence-corrected chi connectivity index (χ3v) is 7.59. The summed E-state index contributed by atoms with van der Waals surface area (Å²) < 4.78 is 21.8. The molecule has 1 aliphatic heterocycles. The highest BCUT2D eigenvalue weighted by molar-refractivity contribution is 5.89. The number of unbranched alkanes of at least 4 members (excludes halogenated alkanes) is 2. The van der Waals surface area contributed by atoms with Gasteiger partial charge in [-0.2, -0.15) is 0 Å². The smallest absolute Gasteiger partial charge is 0.329 e. The number of amides is 1. The minimum atomic E-state index is -0.904. The number of carbonyl (C=O) groups excluding carboxylic acids is 3. The number of nitrogens with one attached hydrogen (secondary N) is 1. The molecule has 1 heterocycles. The van der Waals surface area contributed by atoms with E-state index < -0.39 is 30.1 Å². The Kier molecular flexibility index (Phi) is 14.5. The van der Waals surface area contributed by atoms with Crippen molar-refractivity contribution in [1.29, 1.82) is 0 Å². The van der Waals surface area contributed by atoms with Crippen molar-refractivity contribution in [1.82, 2.24) is 15.6 Å². The van der Waals surface area contributed by atoms with E-state index in [2.05, 4.69) is 10.2 Å². The van der Waals surface area contributed by atoms with Gasteiger partial charge in [0, 0.05) is 13.0 Å². The minimum Gasteiger partial charge on any atom is -0.493 e. The fourth-order valence-corrected chi connectivity index (χ4v) is 5.24. The van der Waals surface area contributed by atoms with Gasteiger partial charge in [-0.05, 0) is 74.8 Å². The summed E-state index contributed by atoms with van der Waals surface area (Å²) in [4.78, 5) is 46.3. The second kappa shape index (κ2) is 18.3. The van der Waals surface area contributed by atoms with Crippen LogP contribution >= 0.6 is 0 Å². The van der Waals surface area contributed by atoms with E-state index in [9.17, 15) is 14.4 Å². The quantitative estimate of drug-likeness (QED) is 0.126. The molecule has 0 fully saturated rings. The molecule has 1 aliphatic rings.